The Balaban J connectivity index is 1.46. The minimum Gasteiger partial charge on any atom is -0.411 e. The highest BCUT2D eigenvalue weighted by Crippen LogP contribution is 2.26. The van der Waals surface area contributed by atoms with Crippen molar-refractivity contribution in [3.05, 3.63) is 42.0 Å². The molecule has 0 radical (unpaired) electrons. The molecule has 0 saturated carbocycles. The minimum atomic E-state index is -0.274. The summed E-state index contributed by atoms with van der Waals surface area (Å²) in [5, 5.41) is 11.2. The minimum absolute atomic E-state index is 0.000806. The van der Waals surface area contributed by atoms with Crippen LogP contribution in [0.1, 0.15) is 39.0 Å². The molecular weight excluding hydrogens is 334 g/mol. The molecule has 6 heteroatoms. The summed E-state index contributed by atoms with van der Waals surface area (Å²) in [5.74, 6) is 0.473. The monoisotopic (exact) mass is 357 g/mol. The molecule has 5 nitrogen and oxygen atoms in total. The lowest BCUT2D eigenvalue weighted by Crippen LogP contribution is -2.31. The van der Waals surface area contributed by atoms with Gasteiger partial charge in [-0.15, -0.1) is 10.2 Å². The van der Waals surface area contributed by atoms with Crippen LogP contribution in [0.25, 0.3) is 11.5 Å². The van der Waals surface area contributed by atoms with Crippen LogP contribution in [0.4, 0.5) is 0 Å². The summed E-state index contributed by atoms with van der Waals surface area (Å²) in [6.07, 6.45) is 8.17. The van der Waals surface area contributed by atoms with Gasteiger partial charge in [-0.25, -0.2) is 0 Å². The van der Waals surface area contributed by atoms with Crippen molar-refractivity contribution in [2.24, 2.45) is 0 Å². The van der Waals surface area contributed by atoms with E-state index in [0.29, 0.717) is 17.7 Å². The SMILES string of the molecule is CC(Sc1nnc(-c2ccccc2)o1)C(=O)NCCC1=CCCCC1. The average Bonchev–Trinajstić information content (AvgIpc) is 3.12. The van der Waals surface area contributed by atoms with Crippen LogP contribution >= 0.6 is 11.8 Å². The summed E-state index contributed by atoms with van der Waals surface area (Å²) in [6.45, 7) is 2.54. The van der Waals surface area contributed by atoms with Crippen LogP contribution < -0.4 is 5.32 Å². The topological polar surface area (TPSA) is 68.0 Å². The van der Waals surface area contributed by atoms with Gasteiger partial charge in [0.25, 0.3) is 5.22 Å². The average molecular weight is 357 g/mol. The second-order valence-corrected chi connectivity index (χ2v) is 7.44. The fourth-order valence-corrected chi connectivity index (χ4v) is 3.49. The van der Waals surface area contributed by atoms with Crippen LogP contribution in [0.15, 0.2) is 51.6 Å². The zero-order valence-electron chi connectivity index (χ0n) is 14.4. The number of rotatable bonds is 7. The number of aromatic nitrogens is 2. The number of nitrogens with one attached hydrogen (secondary N) is 1. The van der Waals surface area contributed by atoms with E-state index in [4.69, 9.17) is 4.42 Å². The number of benzene rings is 1. The van der Waals surface area contributed by atoms with Gasteiger partial charge in [-0.05, 0) is 51.2 Å². The molecule has 1 unspecified atom stereocenters. The normalized spacial score (nSPS) is 15.5. The Kier molecular flexibility index (Phi) is 6.28. The maximum Gasteiger partial charge on any atom is 0.277 e. The molecule has 25 heavy (non-hydrogen) atoms. The Morgan fingerprint density at radius 2 is 2.12 bits per heavy atom. The van der Waals surface area contributed by atoms with E-state index in [1.165, 1.54) is 43.0 Å². The molecule has 2 aromatic rings. The van der Waals surface area contributed by atoms with Gasteiger partial charge < -0.3 is 9.73 Å². The molecule has 0 aliphatic heterocycles. The number of thioether (sulfide) groups is 1. The van der Waals surface area contributed by atoms with Crippen LogP contribution in [0.5, 0.6) is 0 Å². The molecule has 1 aliphatic carbocycles. The molecule has 3 rings (SSSR count). The maximum absolute atomic E-state index is 12.2. The van der Waals surface area contributed by atoms with Crippen molar-refractivity contribution in [3.63, 3.8) is 0 Å². The van der Waals surface area contributed by atoms with Crippen molar-refractivity contribution < 1.29 is 9.21 Å². The summed E-state index contributed by atoms with van der Waals surface area (Å²) >= 11 is 1.29. The van der Waals surface area contributed by atoms with Crippen molar-refractivity contribution in [2.45, 2.75) is 49.5 Å². The van der Waals surface area contributed by atoms with Gasteiger partial charge in [0.2, 0.25) is 11.8 Å². The predicted molar refractivity (Wildman–Crippen MR) is 99.2 cm³/mol. The quantitative estimate of drug-likeness (QED) is 0.593. The van der Waals surface area contributed by atoms with E-state index in [1.54, 1.807) is 0 Å². The van der Waals surface area contributed by atoms with E-state index in [2.05, 4.69) is 21.6 Å². The zero-order valence-corrected chi connectivity index (χ0v) is 15.2. The van der Waals surface area contributed by atoms with Crippen molar-refractivity contribution in [2.75, 3.05) is 6.54 Å². The Morgan fingerprint density at radius 1 is 1.28 bits per heavy atom. The van der Waals surface area contributed by atoms with E-state index in [9.17, 15) is 4.79 Å². The molecule has 1 heterocycles. The molecule has 1 aromatic heterocycles. The number of amides is 1. The van der Waals surface area contributed by atoms with Crippen molar-refractivity contribution in [1.29, 1.82) is 0 Å². The molecule has 132 valence electrons. The number of carbonyl (C=O) groups is 1. The molecular formula is C19H23N3O2S. The predicted octanol–water partition coefficient (Wildman–Crippen LogP) is 4.22. The molecule has 1 aliphatic rings. The summed E-state index contributed by atoms with van der Waals surface area (Å²) < 4.78 is 5.64. The molecule has 0 saturated heterocycles. The largest absolute Gasteiger partial charge is 0.411 e. The summed E-state index contributed by atoms with van der Waals surface area (Å²) in [6, 6.07) is 9.61. The first-order chi connectivity index (χ1) is 12.2. The third kappa shape index (κ3) is 5.19. The van der Waals surface area contributed by atoms with Gasteiger partial charge in [0.15, 0.2) is 0 Å². The highest BCUT2D eigenvalue weighted by atomic mass is 32.2. The van der Waals surface area contributed by atoms with Crippen molar-refractivity contribution >= 4 is 17.7 Å². The first-order valence-electron chi connectivity index (χ1n) is 8.73. The summed E-state index contributed by atoms with van der Waals surface area (Å²) in [4.78, 5) is 12.2. The van der Waals surface area contributed by atoms with Crippen molar-refractivity contribution in [1.82, 2.24) is 15.5 Å². The molecule has 0 fully saturated rings. The van der Waals surface area contributed by atoms with E-state index in [0.717, 1.165) is 12.0 Å². The van der Waals surface area contributed by atoms with Gasteiger partial charge in [-0.3, -0.25) is 4.79 Å². The highest BCUT2D eigenvalue weighted by Gasteiger charge is 2.18. The van der Waals surface area contributed by atoms with Gasteiger partial charge in [-0.2, -0.15) is 0 Å². The van der Waals surface area contributed by atoms with Crippen LogP contribution in [0.2, 0.25) is 0 Å². The maximum atomic E-state index is 12.2. The van der Waals surface area contributed by atoms with Crippen LogP contribution in [-0.4, -0.2) is 27.9 Å². The lowest BCUT2D eigenvalue weighted by atomic mass is 9.97. The first-order valence-corrected chi connectivity index (χ1v) is 9.61. The molecule has 1 N–H and O–H groups in total. The van der Waals surface area contributed by atoms with Gasteiger partial charge >= 0.3 is 0 Å². The molecule has 1 atom stereocenters. The molecule has 1 amide bonds. The molecule has 1 aromatic carbocycles. The van der Waals surface area contributed by atoms with Gasteiger partial charge in [0, 0.05) is 12.1 Å². The van der Waals surface area contributed by atoms with Crippen molar-refractivity contribution in [3.8, 4) is 11.5 Å². The number of hydrogen-bond donors (Lipinski definition) is 1. The number of carbonyl (C=O) groups excluding carboxylic acids is 1. The number of nitrogens with zero attached hydrogens (tertiary/aromatic N) is 2. The Labute approximate surface area is 152 Å². The Morgan fingerprint density at radius 3 is 2.88 bits per heavy atom. The van der Waals surface area contributed by atoms with Gasteiger partial charge in [-0.1, -0.05) is 41.6 Å². The van der Waals surface area contributed by atoms with Crippen LogP contribution in [-0.2, 0) is 4.79 Å². The lowest BCUT2D eigenvalue weighted by molar-refractivity contribution is -0.120. The van der Waals surface area contributed by atoms with Crippen LogP contribution in [0.3, 0.4) is 0 Å². The zero-order chi connectivity index (χ0) is 17.5. The standard InChI is InChI=1S/C19H23N3O2S/c1-14(17(23)20-13-12-15-8-4-2-5-9-15)25-19-22-21-18(24-19)16-10-6-3-7-11-16/h3,6-8,10-11,14H,2,4-5,9,12-13H2,1H3,(H,20,23). The van der Waals surface area contributed by atoms with E-state index in [1.807, 2.05) is 37.3 Å². The number of hydrogen-bond acceptors (Lipinski definition) is 5. The fraction of sp³-hybridized carbons (Fsp3) is 0.421. The lowest BCUT2D eigenvalue weighted by Gasteiger charge is -2.14. The Hall–Kier alpha value is -2.08. The third-order valence-electron chi connectivity index (χ3n) is 4.20. The number of allylic oxidation sites excluding steroid dienone is 1. The third-order valence-corrected chi connectivity index (χ3v) is 5.14. The second kappa shape index (κ2) is 8.85. The summed E-state index contributed by atoms with van der Waals surface area (Å²) in [7, 11) is 0. The Bertz CT molecular complexity index is 727. The van der Waals surface area contributed by atoms with E-state index < -0.39 is 0 Å². The second-order valence-electron chi connectivity index (χ2n) is 6.15. The summed E-state index contributed by atoms with van der Waals surface area (Å²) in [5.41, 5.74) is 2.34. The smallest absolute Gasteiger partial charge is 0.277 e. The van der Waals surface area contributed by atoms with Gasteiger partial charge in [0.05, 0.1) is 5.25 Å². The molecule has 0 spiro atoms. The van der Waals surface area contributed by atoms with E-state index >= 15 is 0 Å². The fourth-order valence-electron chi connectivity index (χ4n) is 2.78. The molecule has 0 bridgehead atoms. The van der Waals surface area contributed by atoms with Gasteiger partial charge in [0.1, 0.15) is 0 Å². The first kappa shape index (κ1) is 17.7. The highest BCUT2D eigenvalue weighted by molar-refractivity contribution is 8.00. The van der Waals surface area contributed by atoms with E-state index in [-0.39, 0.29) is 11.2 Å². The van der Waals surface area contributed by atoms with Crippen LogP contribution in [0, 0.1) is 0 Å².